The first-order chi connectivity index (χ1) is 14.0. The molecule has 0 amide bonds. The number of anilines is 1. The average molecular weight is 424 g/mol. The van der Waals surface area contributed by atoms with E-state index >= 15 is 0 Å². The van der Waals surface area contributed by atoms with Gasteiger partial charge < -0.3 is 15.0 Å². The van der Waals surface area contributed by atoms with Crippen molar-refractivity contribution in [2.24, 2.45) is 5.92 Å². The summed E-state index contributed by atoms with van der Waals surface area (Å²) in [7, 11) is 0. The molecule has 0 spiro atoms. The van der Waals surface area contributed by atoms with Gasteiger partial charge in [-0.3, -0.25) is 0 Å². The van der Waals surface area contributed by atoms with Crippen molar-refractivity contribution in [3.8, 4) is 0 Å². The van der Waals surface area contributed by atoms with Crippen LogP contribution >= 0.6 is 11.6 Å². The van der Waals surface area contributed by atoms with Gasteiger partial charge in [-0.05, 0) is 62.8 Å². The van der Waals surface area contributed by atoms with Gasteiger partial charge in [-0.25, -0.2) is 9.78 Å². The summed E-state index contributed by atoms with van der Waals surface area (Å²) in [6.07, 6.45) is 11.7. The first-order valence-electron chi connectivity index (χ1n) is 10.7. The maximum Gasteiger partial charge on any atom is 0.367 e. The Morgan fingerprint density at radius 1 is 1.34 bits per heavy atom. The molecule has 2 fully saturated rings. The van der Waals surface area contributed by atoms with Crippen LogP contribution in [-0.4, -0.2) is 48.1 Å². The lowest BCUT2D eigenvalue weighted by Gasteiger charge is -2.36. The van der Waals surface area contributed by atoms with Gasteiger partial charge in [0.2, 0.25) is 5.83 Å². The summed E-state index contributed by atoms with van der Waals surface area (Å²) >= 11 is 6.36. The van der Waals surface area contributed by atoms with Crippen LogP contribution in [0.15, 0.2) is 18.1 Å². The number of nitrogens with one attached hydrogen (secondary N) is 1. The van der Waals surface area contributed by atoms with E-state index in [1.165, 1.54) is 44.8 Å². The zero-order valence-corrected chi connectivity index (χ0v) is 17.9. The molecule has 29 heavy (non-hydrogen) atoms. The van der Waals surface area contributed by atoms with E-state index in [1.54, 1.807) is 13.0 Å². The molecule has 1 aromatic heterocycles. The fourth-order valence-electron chi connectivity index (χ4n) is 4.31. The number of carbonyl (C=O) groups is 1. The van der Waals surface area contributed by atoms with Gasteiger partial charge in [0.15, 0.2) is 0 Å². The van der Waals surface area contributed by atoms with Crippen LogP contribution in [0.1, 0.15) is 57.4 Å². The number of nitrogens with zero attached hydrogens (tertiary/aromatic N) is 2. The molecule has 2 aliphatic rings. The minimum Gasteiger partial charge on any atom is -0.461 e. The van der Waals surface area contributed by atoms with Crippen molar-refractivity contribution in [3.05, 3.63) is 28.7 Å². The van der Waals surface area contributed by atoms with Crippen molar-refractivity contribution in [2.75, 3.05) is 31.6 Å². The second-order valence-electron chi connectivity index (χ2n) is 8.06. The summed E-state index contributed by atoms with van der Waals surface area (Å²) in [4.78, 5) is 18.3. The standard InChI is InChI=1S/C22H31ClFN3O2/c1-2-29-22(28)20(24)12-17-11-19(23)21(25-13-17)26-18-9-6-10-27(15-18)14-16-7-4-3-5-8-16/h11-13,16,18H,2-10,14-15H2,1H3,(H,25,26)/t18-/m1/s1. The van der Waals surface area contributed by atoms with Crippen LogP contribution in [0, 0.1) is 5.92 Å². The Bertz CT molecular complexity index is 722. The van der Waals surface area contributed by atoms with Gasteiger partial charge in [-0.1, -0.05) is 30.9 Å². The number of pyridine rings is 1. The number of carbonyl (C=O) groups excluding carboxylic acids is 1. The van der Waals surface area contributed by atoms with E-state index < -0.39 is 11.8 Å². The fourth-order valence-corrected chi connectivity index (χ4v) is 4.54. The molecule has 7 heteroatoms. The summed E-state index contributed by atoms with van der Waals surface area (Å²) < 4.78 is 18.4. The van der Waals surface area contributed by atoms with Gasteiger partial charge in [0.05, 0.1) is 11.6 Å². The second kappa shape index (κ2) is 10.9. The third-order valence-corrected chi connectivity index (χ3v) is 6.00. The third-order valence-electron chi connectivity index (χ3n) is 5.71. The van der Waals surface area contributed by atoms with Crippen molar-refractivity contribution in [2.45, 2.75) is 57.9 Å². The molecule has 0 aromatic carbocycles. The van der Waals surface area contributed by atoms with Crippen molar-refractivity contribution in [1.82, 2.24) is 9.88 Å². The Hall–Kier alpha value is -1.66. The molecular formula is C22H31ClFN3O2. The Morgan fingerprint density at radius 2 is 2.14 bits per heavy atom. The van der Waals surface area contributed by atoms with Crippen LogP contribution in [0.2, 0.25) is 5.02 Å². The number of ether oxygens (including phenoxy) is 1. The van der Waals surface area contributed by atoms with Gasteiger partial charge in [-0.15, -0.1) is 0 Å². The highest BCUT2D eigenvalue weighted by Gasteiger charge is 2.24. The first kappa shape index (κ1) is 22.0. The summed E-state index contributed by atoms with van der Waals surface area (Å²) in [6.45, 7) is 5.10. The molecule has 1 saturated heterocycles. The lowest BCUT2D eigenvalue weighted by molar-refractivity contribution is -0.140. The van der Waals surface area contributed by atoms with Crippen LogP contribution in [0.3, 0.4) is 0 Å². The molecule has 3 rings (SSSR count). The molecule has 0 bridgehead atoms. The quantitative estimate of drug-likeness (QED) is 0.490. The molecule has 1 aliphatic carbocycles. The smallest absolute Gasteiger partial charge is 0.367 e. The number of hydrogen-bond acceptors (Lipinski definition) is 5. The molecule has 1 aromatic rings. The second-order valence-corrected chi connectivity index (χ2v) is 8.47. The largest absolute Gasteiger partial charge is 0.461 e. The van der Waals surface area contributed by atoms with Crippen molar-refractivity contribution in [3.63, 3.8) is 0 Å². The molecule has 1 atom stereocenters. The minimum atomic E-state index is -0.980. The molecule has 1 aliphatic heterocycles. The topological polar surface area (TPSA) is 54.5 Å². The number of rotatable bonds is 7. The van der Waals surface area contributed by atoms with E-state index in [-0.39, 0.29) is 6.61 Å². The molecule has 160 valence electrons. The number of halogens is 2. The Labute approximate surface area is 177 Å². The number of hydrogen-bond donors (Lipinski definition) is 1. The van der Waals surface area contributed by atoms with Gasteiger partial charge in [0.1, 0.15) is 5.82 Å². The van der Waals surface area contributed by atoms with Gasteiger partial charge >= 0.3 is 5.97 Å². The van der Waals surface area contributed by atoms with Crippen molar-refractivity contribution < 1.29 is 13.9 Å². The van der Waals surface area contributed by atoms with Gasteiger partial charge in [-0.2, -0.15) is 4.39 Å². The van der Waals surface area contributed by atoms with Crippen LogP contribution in [0.4, 0.5) is 10.2 Å². The van der Waals surface area contributed by atoms with E-state index in [0.29, 0.717) is 22.4 Å². The van der Waals surface area contributed by atoms with Crippen LogP contribution in [0.5, 0.6) is 0 Å². The molecule has 1 saturated carbocycles. The predicted molar refractivity (Wildman–Crippen MR) is 115 cm³/mol. The van der Waals surface area contributed by atoms with E-state index in [0.717, 1.165) is 37.9 Å². The van der Waals surface area contributed by atoms with Crippen LogP contribution in [-0.2, 0) is 9.53 Å². The normalized spacial score (nSPS) is 21.8. The van der Waals surface area contributed by atoms with E-state index in [2.05, 4.69) is 19.9 Å². The summed E-state index contributed by atoms with van der Waals surface area (Å²) in [5, 5.41) is 3.87. The lowest BCUT2D eigenvalue weighted by Crippen LogP contribution is -2.44. The zero-order valence-electron chi connectivity index (χ0n) is 17.1. The molecule has 0 unspecified atom stereocenters. The predicted octanol–water partition coefficient (Wildman–Crippen LogP) is 5.07. The molecule has 1 N–H and O–H groups in total. The van der Waals surface area contributed by atoms with Crippen molar-refractivity contribution in [1.29, 1.82) is 0 Å². The number of piperidine rings is 1. The molecule has 2 heterocycles. The molecule has 5 nitrogen and oxygen atoms in total. The zero-order chi connectivity index (χ0) is 20.6. The van der Waals surface area contributed by atoms with Crippen LogP contribution in [0.25, 0.3) is 6.08 Å². The average Bonchev–Trinajstić information content (AvgIpc) is 2.71. The number of likely N-dealkylation sites (tertiary alicyclic amines) is 1. The SMILES string of the molecule is CCOC(=O)C(F)=Cc1cnc(N[C@@H]2CCCN(CC3CCCCC3)C2)c(Cl)c1. The molecule has 0 radical (unpaired) electrons. The highest BCUT2D eigenvalue weighted by atomic mass is 35.5. The number of esters is 1. The maximum atomic E-state index is 13.8. The monoisotopic (exact) mass is 423 g/mol. The number of aromatic nitrogens is 1. The van der Waals surface area contributed by atoms with Gasteiger partial charge in [0, 0.05) is 25.3 Å². The highest BCUT2D eigenvalue weighted by Crippen LogP contribution is 2.27. The lowest BCUT2D eigenvalue weighted by atomic mass is 9.88. The first-order valence-corrected chi connectivity index (χ1v) is 11.1. The third kappa shape index (κ3) is 6.68. The van der Waals surface area contributed by atoms with E-state index in [9.17, 15) is 9.18 Å². The Balaban J connectivity index is 1.56. The van der Waals surface area contributed by atoms with Crippen LogP contribution < -0.4 is 5.32 Å². The highest BCUT2D eigenvalue weighted by molar-refractivity contribution is 6.33. The van der Waals surface area contributed by atoms with E-state index in [4.69, 9.17) is 11.6 Å². The fraction of sp³-hybridized carbons (Fsp3) is 0.636. The summed E-state index contributed by atoms with van der Waals surface area (Å²) in [6, 6.07) is 1.91. The minimum absolute atomic E-state index is 0.126. The summed E-state index contributed by atoms with van der Waals surface area (Å²) in [5.74, 6) is -0.503. The summed E-state index contributed by atoms with van der Waals surface area (Å²) in [5.41, 5.74) is 0.425. The Morgan fingerprint density at radius 3 is 2.86 bits per heavy atom. The molecular weight excluding hydrogens is 393 g/mol. The van der Waals surface area contributed by atoms with E-state index in [1.807, 2.05) is 0 Å². The van der Waals surface area contributed by atoms with Gasteiger partial charge in [0.25, 0.3) is 0 Å². The van der Waals surface area contributed by atoms with Crippen molar-refractivity contribution >= 4 is 29.5 Å². The maximum absolute atomic E-state index is 13.8. The Kier molecular flexibility index (Phi) is 8.30.